The van der Waals surface area contributed by atoms with Crippen molar-refractivity contribution in [1.29, 1.82) is 0 Å². The number of carbonyl (C=O) groups is 2. The van der Waals surface area contributed by atoms with Gasteiger partial charge in [-0.3, -0.25) is 4.79 Å². The first-order valence-electron chi connectivity index (χ1n) is 10.1. The van der Waals surface area contributed by atoms with Gasteiger partial charge in [-0.15, -0.1) is 0 Å². The molecule has 10 nitrogen and oxygen atoms in total. The summed E-state index contributed by atoms with van der Waals surface area (Å²) in [6.07, 6.45) is 0.634. The number of nitrogens with zero attached hydrogens (tertiary/aromatic N) is 2. The molecule has 1 aromatic heterocycles. The van der Waals surface area contributed by atoms with Crippen LogP contribution >= 0.6 is 0 Å². The number of benzene rings is 1. The molecule has 2 aromatic rings. The van der Waals surface area contributed by atoms with E-state index < -0.39 is 21.5 Å². The van der Waals surface area contributed by atoms with Crippen LogP contribution in [-0.4, -0.2) is 40.7 Å². The maximum atomic E-state index is 13.1. The van der Waals surface area contributed by atoms with Crippen LogP contribution in [0.1, 0.15) is 57.1 Å². The highest BCUT2D eigenvalue weighted by Crippen LogP contribution is 2.34. The van der Waals surface area contributed by atoms with Crippen LogP contribution in [0, 0.1) is 12.8 Å². The Bertz CT molecular complexity index is 1130. The molecule has 0 spiro atoms. The second-order valence-electron chi connectivity index (χ2n) is 8.63. The van der Waals surface area contributed by atoms with Crippen LogP contribution < -0.4 is 14.8 Å². The van der Waals surface area contributed by atoms with E-state index in [0.717, 1.165) is 0 Å². The van der Waals surface area contributed by atoms with E-state index in [1.165, 1.54) is 36.9 Å². The molecule has 1 aromatic carbocycles. The van der Waals surface area contributed by atoms with E-state index in [4.69, 9.17) is 4.74 Å². The third-order valence-electron chi connectivity index (χ3n) is 4.63. The zero-order valence-electron chi connectivity index (χ0n) is 19.3. The second kappa shape index (κ2) is 9.29. The van der Waals surface area contributed by atoms with Crippen molar-refractivity contribution >= 4 is 27.6 Å². The van der Waals surface area contributed by atoms with Gasteiger partial charge in [0, 0.05) is 29.8 Å². The predicted molar refractivity (Wildman–Crippen MR) is 120 cm³/mol. The lowest BCUT2D eigenvalue weighted by molar-refractivity contribution is -0.119. The Labute approximate surface area is 188 Å². The number of hydrogen-bond donors (Lipinski definition) is 3. The van der Waals surface area contributed by atoms with Crippen LogP contribution in [0.15, 0.2) is 23.1 Å². The van der Waals surface area contributed by atoms with Gasteiger partial charge >= 0.3 is 5.97 Å². The van der Waals surface area contributed by atoms with Crippen molar-refractivity contribution in [2.75, 3.05) is 5.32 Å². The fraction of sp³-hybridized carbons (Fsp3) is 0.476. The van der Waals surface area contributed by atoms with Gasteiger partial charge in [0.05, 0.1) is 0 Å². The van der Waals surface area contributed by atoms with E-state index in [-0.39, 0.29) is 39.6 Å². The Hall–Kier alpha value is -2.92. The maximum absolute atomic E-state index is 13.1. The molecule has 1 amide bonds. The summed E-state index contributed by atoms with van der Waals surface area (Å²) in [6, 6.07) is 4.25. The maximum Gasteiger partial charge on any atom is 0.356 e. The molecule has 0 fully saturated rings. The van der Waals surface area contributed by atoms with Gasteiger partial charge in [-0.05, 0) is 52.3 Å². The lowest BCUT2D eigenvalue weighted by Gasteiger charge is -2.22. The average Bonchev–Trinajstić information content (AvgIpc) is 2.94. The number of ether oxygens (including phenoxy) is 1. The molecule has 3 N–H and O–H groups in total. The van der Waals surface area contributed by atoms with Crippen molar-refractivity contribution in [3.05, 3.63) is 29.5 Å². The Kier molecular flexibility index (Phi) is 7.36. The van der Waals surface area contributed by atoms with Crippen LogP contribution in [0.2, 0.25) is 0 Å². The standard InChI is InChI=1S/C21H30N4O6S/c1-8-12(2)18(26)22-14-9-10-15(16(11-14)32(29,30)24-21(4,5)6)31-19-13(3)17(20(27)28)23-25(19)7/h9-12,24H,8H2,1-7H3,(H,22,26)(H,27,28)/t12-/m1/s1. The van der Waals surface area contributed by atoms with E-state index in [9.17, 15) is 23.1 Å². The summed E-state index contributed by atoms with van der Waals surface area (Å²) in [5.74, 6) is -1.65. The monoisotopic (exact) mass is 466 g/mol. The van der Waals surface area contributed by atoms with Crippen molar-refractivity contribution in [3.63, 3.8) is 0 Å². The van der Waals surface area contributed by atoms with Crippen LogP contribution in [0.4, 0.5) is 5.69 Å². The predicted octanol–water partition coefficient (Wildman–Crippen LogP) is 3.28. The molecule has 0 aliphatic rings. The first-order valence-corrected chi connectivity index (χ1v) is 11.6. The minimum absolute atomic E-state index is 0.0358. The van der Waals surface area contributed by atoms with Gasteiger partial charge in [0.1, 0.15) is 10.6 Å². The minimum atomic E-state index is -4.06. The fourth-order valence-electron chi connectivity index (χ4n) is 2.85. The van der Waals surface area contributed by atoms with Gasteiger partial charge < -0.3 is 15.2 Å². The van der Waals surface area contributed by atoms with Crippen molar-refractivity contribution in [1.82, 2.24) is 14.5 Å². The van der Waals surface area contributed by atoms with Gasteiger partial charge in [-0.25, -0.2) is 22.6 Å². The molecule has 0 bridgehead atoms. The fourth-order valence-corrected chi connectivity index (χ4v) is 4.43. The zero-order valence-corrected chi connectivity index (χ0v) is 20.1. The molecule has 0 radical (unpaired) electrons. The van der Waals surface area contributed by atoms with Gasteiger partial charge in [0.2, 0.25) is 21.8 Å². The van der Waals surface area contributed by atoms with E-state index in [1.807, 2.05) is 6.92 Å². The number of aromatic nitrogens is 2. The summed E-state index contributed by atoms with van der Waals surface area (Å²) in [6.45, 7) is 10.3. The summed E-state index contributed by atoms with van der Waals surface area (Å²) in [5, 5.41) is 15.9. The Morgan fingerprint density at radius 3 is 2.41 bits per heavy atom. The molecule has 0 saturated heterocycles. The number of aromatic carboxylic acids is 1. The minimum Gasteiger partial charge on any atom is -0.476 e. The molecule has 0 unspecified atom stereocenters. The number of nitrogens with one attached hydrogen (secondary N) is 2. The summed E-state index contributed by atoms with van der Waals surface area (Å²) in [5.41, 5.74) is -0.423. The molecule has 0 aliphatic carbocycles. The molecule has 2 rings (SSSR count). The Morgan fingerprint density at radius 2 is 1.91 bits per heavy atom. The number of sulfonamides is 1. The molecule has 0 aliphatic heterocycles. The van der Waals surface area contributed by atoms with E-state index >= 15 is 0 Å². The number of carboxylic acid groups (broad SMARTS) is 1. The number of aryl methyl sites for hydroxylation is 1. The van der Waals surface area contributed by atoms with E-state index in [2.05, 4.69) is 15.1 Å². The molecule has 32 heavy (non-hydrogen) atoms. The number of rotatable bonds is 8. The number of carbonyl (C=O) groups excluding carboxylic acids is 1. The van der Waals surface area contributed by atoms with Gasteiger partial charge in [-0.1, -0.05) is 13.8 Å². The quantitative estimate of drug-likeness (QED) is 0.542. The lowest BCUT2D eigenvalue weighted by Crippen LogP contribution is -2.40. The SMILES string of the molecule is CC[C@@H](C)C(=O)Nc1ccc(Oc2c(C)c(C(=O)O)nn2C)c(S(=O)(=O)NC(C)(C)C)c1. The molecule has 11 heteroatoms. The van der Waals surface area contributed by atoms with E-state index in [1.54, 1.807) is 27.7 Å². The molecular weight excluding hydrogens is 436 g/mol. The smallest absolute Gasteiger partial charge is 0.356 e. The summed E-state index contributed by atoms with van der Waals surface area (Å²) in [7, 11) is -2.56. The first-order chi connectivity index (χ1) is 14.7. The van der Waals surface area contributed by atoms with Crippen molar-refractivity contribution in [2.24, 2.45) is 13.0 Å². The van der Waals surface area contributed by atoms with Crippen LogP contribution in [0.25, 0.3) is 0 Å². The van der Waals surface area contributed by atoms with Crippen molar-refractivity contribution < 1.29 is 27.9 Å². The van der Waals surface area contributed by atoms with Gasteiger partial charge in [0.15, 0.2) is 5.69 Å². The zero-order chi connectivity index (χ0) is 24.4. The molecular formula is C21H30N4O6S. The van der Waals surface area contributed by atoms with Gasteiger partial charge in [-0.2, -0.15) is 5.10 Å². The topological polar surface area (TPSA) is 140 Å². The molecule has 176 valence electrons. The summed E-state index contributed by atoms with van der Waals surface area (Å²) >= 11 is 0. The Morgan fingerprint density at radius 1 is 1.28 bits per heavy atom. The molecule has 0 saturated carbocycles. The third kappa shape index (κ3) is 5.86. The second-order valence-corrected chi connectivity index (χ2v) is 10.3. The van der Waals surface area contributed by atoms with Crippen molar-refractivity contribution in [2.45, 2.75) is 58.4 Å². The number of amides is 1. The Balaban J connectivity index is 2.58. The van der Waals surface area contributed by atoms with Crippen LogP contribution in [-0.2, 0) is 21.9 Å². The van der Waals surface area contributed by atoms with Crippen LogP contribution in [0.5, 0.6) is 11.6 Å². The highest BCUT2D eigenvalue weighted by atomic mass is 32.2. The van der Waals surface area contributed by atoms with Gasteiger partial charge in [0.25, 0.3) is 0 Å². The summed E-state index contributed by atoms with van der Waals surface area (Å²) < 4.78 is 35.9. The number of anilines is 1. The highest BCUT2D eigenvalue weighted by Gasteiger charge is 2.28. The van der Waals surface area contributed by atoms with Crippen LogP contribution in [0.3, 0.4) is 0 Å². The number of carboxylic acids is 1. The lowest BCUT2D eigenvalue weighted by atomic mass is 10.1. The highest BCUT2D eigenvalue weighted by molar-refractivity contribution is 7.89. The summed E-state index contributed by atoms with van der Waals surface area (Å²) in [4.78, 5) is 23.5. The van der Waals surface area contributed by atoms with E-state index in [0.29, 0.717) is 12.1 Å². The van der Waals surface area contributed by atoms with Crippen molar-refractivity contribution in [3.8, 4) is 11.6 Å². The largest absolute Gasteiger partial charge is 0.476 e. The first kappa shape index (κ1) is 25.3. The normalized spacial score (nSPS) is 13.0. The third-order valence-corrected chi connectivity index (χ3v) is 6.41. The molecule has 1 heterocycles. The molecule has 1 atom stereocenters. The number of hydrogen-bond acceptors (Lipinski definition) is 6. The average molecular weight is 467 g/mol.